The summed E-state index contributed by atoms with van der Waals surface area (Å²) in [5, 5.41) is 9.50. The lowest BCUT2D eigenvalue weighted by molar-refractivity contribution is -0.132. The molecule has 0 aliphatic rings. The molecule has 152 valence electrons. The number of halogens is 3. The Morgan fingerprint density at radius 3 is 2.54 bits per heavy atom. The number of hydroxylamine groups is 1. The van der Waals surface area contributed by atoms with E-state index in [0.29, 0.717) is 18.1 Å². The fraction of sp³-hybridized carbons (Fsp3) is 0.381. The molecule has 2 N–H and O–H groups in total. The second-order valence-electron chi connectivity index (χ2n) is 6.60. The third-order valence-electron chi connectivity index (χ3n) is 4.52. The van der Waals surface area contributed by atoms with E-state index in [9.17, 15) is 13.6 Å². The van der Waals surface area contributed by atoms with Crippen molar-refractivity contribution in [3.8, 4) is 0 Å². The van der Waals surface area contributed by atoms with Crippen molar-refractivity contribution >= 4 is 17.5 Å². The van der Waals surface area contributed by atoms with Gasteiger partial charge in [0.05, 0.1) is 12.5 Å². The highest BCUT2D eigenvalue weighted by Gasteiger charge is 2.29. The predicted octanol–water partition coefficient (Wildman–Crippen LogP) is 5.03. The summed E-state index contributed by atoms with van der Waals surface area (Å²) in [6.45, 7) is 2.39. The van der Waals surface area contributed by atoms with E-state index in [0.717, 1.165) is 24.5 Å². The van der Waals surface area contributed by atoms with Gasteiger partial charge in [0.1, 0.15) is 11.6 Å². The van der Waals surface area contributed by atoms with E-state index in [4.69, 9.17) is 21.5 Å². The van der Waals surface area contributed by atoms with Crippen molar-refractivity contribution in [3.63, 3.8) is 0 Å². The van der Waals surface area contributed by atoms with Crippen LogP contribution in [0.15, 0.2) is 42.5 Å². The normalized spacial score (nSPS) is 13.2. The molecule has 0 aromatic heterocycles. The van der Waals surface area contributed by atoms with Crippen LogP contribution < -0.4 is 5.48 Å². The molecule has 2 aromatic carbocycles. The van der Waals surface area contributed by atoms with Crippen molar-refractivity contribution in [2.45, 2.75) is 44.6 Å². The van der Waals surface area contributed by atoms with Crippen molar-refractivity contribution in [2.24, 2.45) is 0 Å². The third kappa shape index (κ3) is 6.55. The Balaban J connectivity index is 2.38. The average molecular weight is 412 g/mol. The number of unbranched alkanes of at least 4 members (excludes halogenated alkanes) is 1. The van der Waals surface area contributed by atoms with E-state index < -0.39 is 29.6 Å². The summed E-state index contributed by atoms with van der Waals surface area (Å²) in [7, 11) is 0. The molecule has 2 atom stereocenters. The van der Waals surface area contributed by atoms with Gasteiger partial charge in [0.2, 0.25) is 5.91 Å². The molecule has 0 aliphatic heterocycles. The Morgan fingerprint density at radius 2 is 1.93 bits per heavy atom. The van der Waals surface area contributed by atoms with E-state index in [1.54, 1.807) is 17.6 Å². The zero-order chi connectivity index (χ0) is 20.5. The molecule has 0 bridgehead atoms. The van der Waals surface area contributed by atoms with Crippen molar-refractivity contribution in [1.29, 1.82) is 0 Å². The van der Waals surface area contributed by atoms with Gasteiger partial charge in [-0.15, -0.1) is 0 Å². The van der Waals surface area contributed by atoms with Gasteiger partial charge in [-0.3, -0.25) is 10.0 Å². The number of carbonyl (C=O) groups excluding carboxylic acids is 1. The molecule has 28 heavy (non-hydrogen) atoms. The highest BCUT2D eigenvalue weighted by atomic mass is 35.5. The molecular weight excluding hydrogens is 388 g/mol. The number of hydrogen-bond acceptors (Lipinski definition) is 3. The van der Waals surface area contributed by atoms with Crippen LogP contribution in [0.5, 0.6) is 0 Å². The number of amides is 1. The van der Waals surface area contributed by atoms with E-state index in [1.807, 2.05) is 19.1 Å². The van der Waals surface area contributed by atoms with Gasteiger partial charge in [0.15, 0.2) is 0 Å². The Hall–Kier alpha value is -2.02. The molecule has 0 aliphatic carbocycles. The van der Waals surface area contributed by atoms with Crippen LogP contribution in [0, 0.1) is 11.6 Å². The molecule has 2 aromatic rings. The zero-order valence-electron chi connectivity index (χ0n) is 15.6. The first-order valence-corrected chi connectivity index (χ1v) is 9.56. The quantitative estimate of drug-likeness (QED) is 0.327. The van der Waals surface area contributed by atoms with Crippen LogP contribution in [0.1, 0.15) is 43.2 Å². The topological polar surface area (TPSA) is 58.6 Å². The standard InChI is InChI=1S/C21H24ClF2NO3/c1-2-3-10-28-20(13-21(26)25-27)18(11-14-4-6-15(22)7-5-14)17-9-8-16(23)12-19(17)24/h4-9,12,18,20,27H,2-3,10-11,13H2,1H3,(H,25,26)/t18-,20-/m1/s1. The van der Waals surface area contributed by atoms with Gasteiger partial charge in [-0.2, -0.15) is 0 Å². The van der Waals surface area contributed by atoms with Crippen molar-refractivity contribution in [1.82, 2.24) is 5.48 Å². The summed E-state index contributed by atoms with van der Waals surface area (Å²) < 4.78 is 33.9. The van der Waals surface area contributed by atoms with Gasteiger partial charge in [-0.05, 0) is 42.2 Å². The fourth-order valence-corrected chi connectivity index (χ4v) is 3.17. The average Bonchev–Trinajstić information content (AvgIpc) is 2.67. The van der Waals surface area contributed by atoms with Crippen LogP contribution in [0.4, 0.5) is 8.78 Å². The van der Waals surface area contributed by atoms with Crippen LogP contribution in [0.25, 0.3) is 0 Å². The second-order valence-corrected chi connectivity index (χ2v) is 7.04. The van der Waals surface area contributed by atoms with Gasteiger partial charge in [0, 0.05) is 23.6 Å². The summed E-state index contributed by atoms with van der Waals surface area (Å²) in [6, 6.07) is 10.4. The van der Waals surface area contributed by atoms with Crippen LogP contribution in [-0.4, -0.2) is 23.8 Å². The first kappa shape index (κ1) is 22.3. The lowest BCUT2D eigenvalue weighted by Gasteiger charge is -2.28. The molecular formula is C21H24ClF2NO3. The molecule has 7 heteroatoms. The zero-order valence-corrected chi connectivity index (χ0v) is 16.4. The molecule has 0 saturated heterocycles. The fourth-order valence-electron chi connectivity index (χ4n) is 3.04. The Kier molecular flexibility index (Phi) is 8.83. The maximum absolute atomic E-state index is 14.6. The minimum Gasteiger partial charge on any atom is -0.377 e. The van der Waals surface area contributed by atoms with E-state index >= 15 is 0 Å². The lowest BCUT2D eigenvalue weighted by atomic mass is 9.85. The van der Waals surface area contributed by atoms with E-state index in [2.05, 4.69) is 0 Å². The summed E-state index contributed by atoms with van der Waals surface area (Å²) in [6.07, 6.45) is 1.17. The highest BCUT2D eigenvalue weighted by Crippen LogP contribution is 2.31. The van der Waals surface area contributed by atoms with Gasteiger partial charge < -0.3 is 4.74 Å². The molecule has 0 saturated carbocycles. The molecule has 1 amide bonds. The Bertz CT molecular complexity index is 771. The van der Waals surface area contributed by atoms with Gasteiger partial charge in [-0.25, -0.2) is 14.3 Å². The molecule has 0 spiro atoms. The SMILES string of the molecule is CCCCO[C@H](CC(=O)NO)[C@H](Cc1ccc(Cl)cc1)c1ccc(F)cc1F. The van der Waals surface area contributed by atoms with Crippen molar-refractivity contribution < 1.29 is 23.5 Å². The van der Waals surface area contributed by atoms with Gasteiger partial charge >= 0.3 is 0 Å². The number of rotatable bonds is 10. The second kappa shape index (κ2) is 11.1. The maximum atomic E-state index is 14.6. The number of ether oxygens (including phenoxy) is 1. The minimum absolute atomic E-state index is 0.157. The molecule has 0 heterocycles. The van der Waals surface area contributed by atoms with Crippen LogP contribution >= 0.6 is 11.6 Å². The Labute approximate surface area is 168 Å². The molecule has 0 fully saturated rings. The highest BCUT2D eigenvalue weighted by molar-refractivity contribution is 6.30. The molecule has 0 radical (unpaired) electrons. The summed E-state index contributed by atoms with van der Waals surface area (Å²) in [5.74, 6) is -2.57. The van der Waals surface area contributed by atoms with Gasteiger partial charge in [-0.1, -0.05) is 43.1 Å². The molecule has 2 rings (SSSR count). The first-order chi connectivity index (χ1) is 13.4. The molecule has 4 nitrogen and oxygen atoms in total. The van der Waals surface area contributed by atoms with E-state index in [-0.39, 0.29) is 12.0 Å². The third-order valence-corrected chi connectivity index (χ3v) is 4.77. The lowest BCUT2D eigenvalue weighted by Crippen LogP contribution is -2.32. The van der Waals surface area contributed by atoms with Crippen LogP contribution in [-0.2, 0) is 16.0 Å². The van der Waals surface area contributed by atoms with Crippen molar-refractivity contribution in [3.05, 3.63) is 70.2 Å². The smallest absolute Gasteiger partial charge is 0.245 e. The summed E-state index contributed by atoms with van der Waals surface area (Å²) in [5.41, 5.74) is 2.72. The summed E-state index contributed by atoms with van der Waals surface area (Å²) >= 11 is 5.94. The number of carbonyl (C=O) groups is 1. The monoisotopic (exact) mass is 411 g/mol. The first-order valence-electron chi connectivity index (χ1n) is 9.18. The number of nitrogens with one attached hydrogen (secondary N) is 1. The summed E-state index contributed by atoms with van der Waals surface area (Å²) in [4.78, 5) is 11.8. The van der Waals surface area contributed by atoms with Crippen LogP contribution in [0.2, 0.25) is 5.02 Å². The minimum atomic E-state index is -0.701. The number of benzene rings is 2. The number of hydrogen-bond donors (Lipinski definition) is 2. The predicted molar refractivity (Wildman–Crippen MR) is 103 cm³/mol. The van der Waals surface area contributed by atoms with Gasteiger partial charge in [0.25, 0.3) is 0 Å². The largest absolute Gasteiger partial charge is 0.377 e. The van der Waals surface area contributed by atoms with Crippen molar-refractivity contribution in [2.75, 3.05) is 6.61 Å². The molecule has 0 unspecified atom stereocenters. The maximum Gasteiger partial charge on any atom is 0.245 e. The van der Waals surface area contributed by atoms with Crippen LogP contribution in [0.3, 0.4) is 0 Å². The Morgan fingerprint density at radius 1 is 1.21 bits per heavy atom. The van der Waals surface area contributed by atoms with E-state index in [1.165, 1.54) is 12.1 Å².